The Bertz CT molecular complexity index is 946. The van der Waals surface area contributed by atoms with E-state index in [9.17, 15) is 0 Å². The summed E-state index contributed by atoms with van der Waals surface area (Å²) in [5, 5.41) is 17.8. The Labute approximate surface area is 241 Å². The van der Waals surface area contributed by atoms with Crippen LogP contribution < -0.4 is 24.5 Å². The fourth-order valence-electron chi connectivity index (χ4n) is 3.75. The minimum atomic E-state index is -3.31. The van der Waals surface area contributed by atoms with Crippen molar-refractivity contribution in [1.29, 1.82) is 0 Å². The van der Waals surface area contributed by atoms with Crippen LogP contribution in [0.5, 0.6) is 0 Å². The third-order valence-corrected chi connectivity index (χ3v) is 18.5. The first-order valence-corrected chi connectivity index (χ1v) is 18.7. The molecule has 0 bridgehead atoms. The number of rotatable bonds is 4. The van der Waals surface area contributed by atoms with Crippen LogP contribution in [0.2, 0.25) is 0 Å². The molecule has 0 aliphatic heterocycles. The van der Waals surface area contributed by atoms with Gasteiger partial charge in [-0.2, -0.15) is 0 Å². The van der Waals surface area contributed by atoms with Gasteiger partial charge < -0.3 is 19.8 Å². The SMILES string of the molecule is CC(=O)[O-].CC(=O)[O-].CI.[Ni+2].c1cc[c]([Sn]([c]2ccccc2)([c]2ccccc2)[c]2ccccc2)cc1. The van der Waals surface area contributed by atoms with E-state index in [1.54, 1.807) is 0 Å². The summed E-state index contributed by atoms with van der Waals surface area (Å²) in [6.45, 7) is 1.94. The molecule has 4 aromatic rings. The molecule has 0 saturated carbocycles. The first-order valence-electron chi connectivity index (χ1n) is 10.8. The Kier molecular flexibility index (Phi) is 17.9. The molecule has 0 atom stereocenters. The van der Waals surface area contributed by atoms with Crippen LogP contribution in [0.25, 0.3) is 0 Å². The Morgan fingerprint density at radius 3 is 0.778 bits per heavy atom. The van der Waals surface area contributed by atoms with Gasteiger partial charge in [-0.15, -0.1) is 0 Å². The molecular weight excluding hydrogens is 717 g/mol. The van der Waals surface area contributed by atoms with Crippen LogP contribution >= 0.6 is 22.6 Å². The monoisotopic (exact) mass is 746 g/mol. The quantitative estimate of drug-likeness (QED) is 0.181. The standard InChI is InChI=1S/4C6H5.2C2H4O2.CH3I.Ni.Sn/c4*1-2-4-6-5-3-1;2*1-2(3)4;1-2;;/h4*1-5H;2*1H3,(H,3,4);1H3;;/q;;;;;;;+2;/p-2. The van der Waals surface area contributed by atoms with Crippen LogP contribution in [0.1, 0.15) is 13.8 Å². The summed E-state index contributed by atoms with van der Waals surface area (Å²) >= 11 is -1.16. The summed E-state index contributed by atoms with van der Waals surface area (Å²) in [7, 11) is 0. The van der Waals surface area contributed by atoms with Crippen LogP contribution in [0.3, 0.4) is 0 Å². The molecule has 0 aliphatic rings. The predicted octanol–water partition coefficient (Wildman–Crippen LogP) is 1.63. The van der Waals surface area contributed by atoms with E-state index >= 15 is 0 Å². The fraction of sp³-hybridized carbons (Fsp3) is 0.103. The molecule has 190 valence electrons. The molecule has 4 rings (SSSR count). The topological polar surface area (TPSA) is 80.3 Å². The van der Waals surface area contributed by atoms with Gasteiger partial charge in [-0.05, 0) is 18.8 Å². The van der Waals surface area contributed by atoms with E-state index in [1.165, 1.54) is 14.3 Å². The molecule has 0 heterocycles. The van der Waals surface area contributed by atoms with E-state index in [4.69, 9.17) is 19.8 Å². The fourth-order valence-corrected chi connectivity index (χ4v) is 17.4. The molecule has 0 N–H and O–H groups in total. The predicted molar refractivity (Wildman–Crippen MR) is 151 cm³/mol. The van der Waals surface area contributed by atoms with Crippen molar-refractivity contribution in [2.45, 2.75) is 13.8 Å². The van der Waals surface area contributed by atoms with Crippen molar-refractivity contribution in [2.75, 3.05) is 4.93 Å². The number of hydrogen-bond donors (Lipinski definition) is 0. The van der Waals surface area contributed by atoms with Crippen LogP contribution in [-0.2, 0) is 26.1 Å². The second-order valence-corrected chi connectivity index (χ2v) is 18.1. The average molecular weight is 746 g/mol. The van der Waals surface area contributed by atoms with Crippen LogP contribution in [0.4, 0.5) is 0 Å². The first kappa shape index (κ1) is 33.8. The number of aliphatic carboxylic acids is 2. The molecule has 4 aromatic carbocycles. The molecule has 0 aromatic heterocycles. The second kappa shape index (κ2) is 19.0. The Balaban J connectivity index is 0.000000967. The van der Waals surface area contributed by atoms with E-state index in [-0.39, 0.29) is 16.5 Å². The van der Waals surface area contributed by atoms with Gasteiger partial charge in [0, 0.05) is 11.9 Å². The summed E-state index contributed by atoms with van der Waals surface area (Å²) in [6, 6.07) is 44.4. The zero-order valence-corrected chi connectivity index (χ0v) is 26.4. The second-order valence-electron chi connectivity index (χ2n) is 7.20. The van der Waals surface area contributed by atoms with Gasteiger partial charge in [0.1, 0.15) is 0 Å². The molecule has 0 amide bonds. The maximum atomic E-state index is 8.89. The van der Waals surface area contributed by atoms with Gasteiger partial charge in [-0.3, -0.25) is 0 Å². The van der Waals surface area contributed by atoms with Gasteiger partial charge >= 0.3 is 171 Å². The summed E-state index contributed by atoms with van der Waals surface area (Å²) in [6.07, 6.45) is 0. The van der Waals surface area contributed by atoms with E-state index in [0.29, 0.717) is 0 Å². The van der Waals surface area contributed by atoms with Crippen molar-refractivity contribution in [3.05, 3.63) is 121 Å². The molecule has 36 heavy (non-hydrogen) atoms. The first-order chi connectivity index (χ1) is 16.9. The van der Waals surface area contributed by atoms with E-state index in [0.717, 1.165) is 13.8 Å². The number of halogens is 1. The van der Waals surface area contributed by atoms with E-state index in [1.807, 2.05) is 4.93 Å². The third-order valence-electron chi connectivity index (χ3n) is 4.83. The Morgan fingerprint density at radius 2 is 0.639 bits per heavy atom. The van der Waals surface area contributed by atoms with Crippen molar-refractivity contribution in [3.63, 3.8) is 0 Å². The molecule has 0 fully saturated rings. The number of carbonyl (C=O) groups excluding carboxylic acids is 2. The number of carboxylic acids is 2. The minimum absolute atomic E-state index is 0. The molecule has 0 spiro atoms. The molecule has 0 aliphatic carbocycles. The Hall–Kier alpha value is -2.16. The van der Waals surface area contributed by atoms with Gasteiger partial charge in [0.05, 0.1) is 0 Å². The van der Waals surface area contributed by atoms with Crippen LogP contribution in [0.15, 0.2) is 121 Å². The number of carboxylic acid groups (broad SMARTS) is 2. The summed E-state index contributed by atoms with van der Waals surface area (Å²) in [5.41, 5.74) is 0. The molecule has 0 saturated heterocycles. The number of alkyl halides is 1. The molecule has 7 heteroatoms. The van der Waals surface area contributed by atoms with Crippen molar-refractivity contribution in [1.82, 2.24) is 0 Å². The van der Waals surface area contributed by atoms with Gasteiger partial charge in [-0.25, -0.2) is 0 Å². The van der Waals surface area contributed by atoms with Crippen molar-refractivity contribution < 1.29 is 36.3 Å². The van der Waals surface area contributed by atoms with E-state index in [2.05, 4.69) is 144 Å². The number of benzene rings is 4. The van der Waals surface area contributed by atoms with Crippen molar-refractivity contribution >= 4 is 67.2 Å². The molecule has 0 radical (unpaired) electrons. The van der Waals surface area contributed by atoms with Gasteiger partial charge in [0.2, 0.25) is 0 Å². The molecule has 0 unspecified atom stereocenters. The van der Waals surface area contributed by atoms with Crippen molar-refractivity contribution in [2.24, 2.45) is 0 Å². The molecule has 4 nitrogen and oxygen atoms in total. The number of carbonyl (C=O) groups is 2. The molecular formula is C29H29INiO4Sn. The van der Waals surface area contributed by atoms with Gasteiger partial charge in [0.15, 0.2) is 0 Å². The normalized spacial score (nSPS) is 9.33. The third kappa shape index (κ3) is 10.4. The zero-order chi connectivity index (χ0) is 26.1. The Morgan fingerprint density at radius 1 is 0.500 bits per heavy atom. The summed E-state index contributed by atoms with van der Waals surface area (Å²) in [5.74, 6) is -2.17. The summed E-state index contributed by atoms with van der Waals surface area (Å²) < 4.78 is 5.95. The van der Waals surface area contributed by atoms with Crippen molar-refractivity contribution in [3.8, 4) is 0 Å². The zero-order valence-electron chi connectivity index (χ0n) is 20.4. The van der Waals surface area contributed by atoms with Crippen LogP contribution in [0, 0.1) is 0 Å². The van der Waals surface area contributed by atoms with Gasteiger partial charge in [-0.1, -0.05) is 22.6 Å². The van der Waals surface area contributed by atoms with Crippen LogP contribution in [-0.4, -0.2) is 35.2 Å². The maximum absolute atomic E-state index is 8.89. The van der Waals surface area contributed by atoms with E-state index < -0.39 is 30.3 Å². The number of hydrogen-bond acceptors (Lipinski definition) is 4. The van der Waals surface area contributed by atoms with Gasteiger partial charge in [0.25, 0.3) is 0 Å². The average Bonchev–Trinajstić information content (AvgIpc) is 2.88. The summed E-state index contributed by atoms with van der Waals surface area (Å²) in [4.78, 5) is 19.7.